The molecule has 30 heavy (non-hydrogen) atoms. The quantitative estimate of drug-likeness (QED) is 0.254. The number of carbonyl (C=O) groups is 1. The first kappa shape index (κ1) is 25.7. The van der Waals surface area contributed by atoms with E-state index in [0.29, 0.717) is 0 Å². The van der Waals surface area contributed by atoms with Gasteiger partial charge in [-0.3, -0.25) is 10.1 Å². The van der Waals surface area contributed by atoms with Crippen molar-refractivity contribution in [3.63, 3.8) is 0 Å². The largest absolute Gasteiger partial charge is 0.445 e. The van der Waals surface area contributed by atoms with Crippen molar-refractivity contribution in [1.82, 2.24) is 5.32 Å². The lowest BCUT2D eigenvalue weighted by atomic mass is 9.98. The molecule has 0 unspecified atom stereocenters. The fourth-order valence-corrected chi connectivity index (χ4v) is 2.89. The lowest BCUT2D eigenvalue weighted by molar-refractivity contribution is -0.560. The van der Waals surface area contributed by atoms with Gasteiger partial charge in [0.25, 0.3) is 6.04 Å². The predicted octanol–water partition coefficient (Wildman–Crippen LogP) is 1.31. The highest BCUT2D eigenvalue weighted by molar-refractivity contribution is 5.67. The highest BCUT2D eigenvalue weighted by atomic mass is 16.7. The summed E-state index contributed by atoms with van der Waals surface area (Å²) in [5.74, 6) is 0. The summed E-state index contributed by atoms with van der Waals surface area (Å²) in [6.45, 7) is 0.00564. The van der Waals surface area contributed by atoms with E-state index in [1.165, 1.54) is 28.4 Å². The molecule has 0 aromatic heterocycles. The van der Waals surface area contributed by atoms with E-state index in [1.54, 1.807) is 24.3 Å². The molecule has 0 spiro atoms. The number of aliphatic hydroxyl groups excluding tert-OH is 1. The first-order valence-corrected chi connectivity index (χ1v) is 9.27. The maximum absolute atomic E-state index is 12.3. The number of nitrogens with zero attached hydrogens (tertiary/aromatic N) is 1. The molecule has 170 valence electrons. The van der Waals surface area contributed by atoms with Crippen LogP contribution in [0.5, 0.6) is 0 Å². The summed E-state index contributed by atoms with van der Waals surface area (Å²) in [5.41, 5.74) is 0.769. The molecule has 1 aromatic rings. The van der Waals surface area contributed by atoms with Gasteiger partial charge in [-0.05, 0) is 12.0 Å². The van der Waals surface area contributed by atoms with Gasteiger partial charge in [-0.25, -0.2) is 4.79 Å². The molecule has 0 saturated heterocycles. The average Bonchev–Trinajstić information content (AvgIpc) is 2.75. The number of amides is 1. The van der Waals surface area contributed by atoms with Crippen LogP contribution >= 0.6 is 0 Å². The van der Waals surface area contributed by atoms with E-state index in [-0.39, 0.29) is 19.4 Å². The highest BCUT2D eigenvalue weighted by Gasteiger charge is 2.44. The third-order valence-electron chi connectivity index (χ3n) is 4.50. The number of rotatable bonds is 14. The second-order valence-corrected chi connectivity index (χ2v) is 6.40. The van der Waals surface area contributed by atoms with Crippen molar-refractivity contribution < 1.29 is 38.5 Å². The van der Waals surface area contributed by atoms with Gasteiger partial charge < -0.3 is 34.1 Å². The molecule has 1 rings (SSSR count). The zero-order valence-electron chi connectivity index (χ0n) is 17.6. The summed E-state index contributed by atoms with van der Waals surface area (Å²) in [6.07, 6.45) is -4.04. The number of aliphatic hydroxyl groups is 1. The monoisotopic (exact) mass is 430 g/mol. The molecule has 11 nitrogen and oxygen atoms in total. The molecule has 1 amide bonds. The van der Waals surface area contributed by atoms with Crippen LogP contribution in [0.25, 0.3) is 0 Å². The van der Waals surface area contributed by atoms with Gasteiger partial charge in [0.1, 0.15) is 12.7 Å². The Morgan fingerprint density at radius 2 is 1.67 bits per heavy atom. The standard InChI is InChI=1S/C19H30N2O9/c1-26-15(27-2)11-10-14(17(22)16(21(24)25)18(28-3)29-4)20-19(23)30-12-13-8-6-5-7-9-13/h5-9,14-18,22H,10-12H2,1-4H3,(H,20,23)/t14-,16+,17-/m0/s1. The van der Waals surface area contributed by atoms with Crippen LogP contribution in [0.15, 0.2) is 30.3 Å². The molecule has 3 atom stereocenters. The van der Waals surface area contributed by atoms with E-state index < -0.39 is 41.8 Å². The van der Waals surface area contributed by atoms with Crippen LogP contribution in [0.2, 0.25) is 0 Å². The molecule has 0 saturated carbocycles. The van der Waals surface area contributed by atoms with Gasteiger partial charge in [0, 0.05) is 39.8 Å². The van der Waals surface area contributed by atoms with Crippen molar-refractivity contribution in [2.45, 2.75) is 50.2 Å². The molecule has 0 aliphatic heterocycles. The van der Waals surface area contributed by atoms with Gasteiger partial charge in [0.15, 0.2) is 6.29 Å². The Balaban J connectivity index is 2.90. The zero-order chi connectivity index (χ0) is 22.5. The van der Waals surface area contributed by atoms with Crippen molar-refractivity contribution in [2.75, 3.05) is 28.4 Å². The topological polar surface area (TPSA) is 139 Å². The van der Waals surface area contributed by atoms with Crippen LogP contribution in [0.1, 0.15) is 18.4 Å². The molecule has 2 N–H and O–H groups in total. The fraction of sp³-hybridized carbons (Fsp3) is 0.632. The van der Waals surface area contributed by atoms with E-state index in [0.717, 1.165) is 5.56 Å². The van der Waals surface area contributed by atoms with Crippen LogP contribution in [0.3, 0.4) is 0 Å². The number of ether oxygens (including phenoxy) is 5. The van der Waals surface area contributed by atoms with Crippen molar-refractivity contribution in [2.24, 2.45) is 0 Å². The summed E-state index contributed by atoms with van der Waals surface area (Å²) in [6, 6.07) is 6.30. The van der Waals surface area contributed by atoms with Crippen LogP contribution in [0.4, 0.5) is 4.79 Å². The van der Waals surface area contributed by atoms with Crippen LogP contribution in [-0.4, -0.2) is 75.3 Å². The predicted molar refractivity (Wildman–Crippen MR) is 105 cm³/mol. The molecule has 0 radical (unpaired) electrons. The molecular formula is C19H30N2O9. The lowest BCUT2D eigenvalue weighted by Gasteiger charge is -2.29. The number of hydrogen-bond acceptors (Lipinski definition) is 9. The van der Waals surface area contributed by atoms with Crippen molar-refractivity contribution >= 4 is 6.09 Å². The van der Waals surface area contributed by atoms with Gasteiger partial charge in [-0.15, -0.1) is 0 Å². The highest BCUT2D eigenvalue weighted by Crippen LogP contribution is 2.17. The van der Waals surface area contributed by atoms with Crippen LogP contribution in [0, 0.1) is 10.1 Å². The van der Waals surface area contributed by atoms with Gasteiger partial charge >= 0.3 is 6.09 Å². The Hall–Kier alpha value is -2.31. The number of hydrogen-bond donors (Lipinski definition) is 2. The number of carbonyl (C=O) groups excluding carboxylic acids is 1. The summed E-state index contributed by atoms with van der Waals surface area (Å²) in [5, 5.41) is 24.7. The van der Waals surface area contributed by atoms with Crippen LogP contribution < -0.4 is 5.32 Å². The maximum atomic E-state index is 12.3. The molecule has 0 aliphatic rings. The Morgan fingerprint density at radius 1 is 1.07 bits per heavy atom. The summed E-state index contributed by atoms with van der Waals surface area (Å²) in [4.78, 5) is 23.1. The third kappa shape index (κ3) is 8.20. The first-order valence-electron chi connectivity index (χ1n) is 9.27. The Kier molecular flexibility index (Phi) is 11.9. The van der Waals surface area contributed by atoms with E-state index >= 15 is 0 Å². The normalized spacial score (nSPS) is 14.4. The minimum Gasteiger partial charge on any atom is -0.445 e. The number of nitro groups is 1. The SMILES string of the molecule is COC(CC[C@H](NC(=O)OCc1ccccc1)[C@H](O)[C@H](C(OC)OC)[N+](=O)[O-])OC. The minimum absolute atomic E-state index is 0.00564. The van der Waals surface area contributed by atoms with Gasteiger partial charge in [0.2, 0.25) is 6.29 Å². The van der Waals surface area contributed by atoms with Crippen molar-refractivity contribution in [3.8, 4) is 0 Å². The second kappa shape index (κ2) is 13.8. The van der Waals surface area contributed by atoms with Gasteiger partial charge in [-0.1, -0.05) is 30.3 Å². The van der Waals surface area contributed by atoms with Gasteiger partial charge in [0.05, 0.1) is 6.04 Å². The summed E-state index contributed by atoms with van der Waals surface area (Å²) >= 11 is 0. The maximum Gasteiger partial charge on any atom is 0.407 e. The minimum atomic E-state index is -1.65. The summed E-state index contributed by atoms with van der Waals surface area (Å²) in [7, 11) is 5.32. The molecule has 1 aromatic carbocycles. The Bertz CT molecular complexity index is 624. The molecule has 0 heterocycles. The lowest BCUT2D eigenvalue weighted by Crippen LogP contribution is -2.55. The van der Waals surface area contributed by atoms with E-state index in [9.17, 15) is 20.0 Å². The number of methoxy groups -OCH3 is 4. The molecular weight excluding hydrogens is 400 g/mol. The molecule has 0 bridgehead atoms. The smallest absolute Gasteiger partial charge is 0.407 e. The number of benzene rings is 1. The van der Waals surface area contributed by atoms with E-state index in [1.807, 2.05) is 6.07 Å². The molecule has 11 heteroatoms. The second-order valence-electron chi connectivity index (χ2n) is 6.40. The van der Waals surface area contributed by atoms with Crippen LogP contribution in [-0.2, 0) is 30.3 Å². The zero-order valence-corrected chi connectivity index (χ0v) is 17.6. The Labute approximate surface area is 175 Å². The van der Waals surface area contributed by atoms with Gasteiger partial charge in [-0.2, -0.15) is 0 Å². The average molecular weight is 430 g/mol. The fourth-order valence-electron chi connectivity index (χ4n) is 2.89. The molecule has 0 aliphatic carbocycles. The van der Waals surface area contributed by atoms with Crippen molar-refractivity contribution in [1.29, 1.82) is 0 Å². The summed E-state index contributed by atoms with van der Waals surface area (Å²) < 4.78 is 25.3. The van der Waals surface area contributed by atoms with E-state index in [2.05, 4.69) is 5.32 Å². The first-order chi connectivity index (χ1) is 14.4. The number of alkyl carbamates (subject to hydrolysis) is 1. The van der Waals surface area contributed by atoms with Crippen molar-refractivity contribution in [3.05, 3.63) is 46.0 Å². The Morgan fingerprint density at radius 3 is 2.17 bits per heavy atom. The molecule has 0 fully saturated rings. The third-order valence-corrected chi connectivity index (χ3v) is 4.50. The number of nitrogens with one attached hydrogen (secondary N) is 1. The van der Waals surface area contributed by atoms with E-state index in [4.69, 9.17) is 23.7 Å².